The number of nitrogens with one attached hydrogen (secondary N) is 1. The largest absolute Gasteiger partial charge is 0.334 e. The Morgan fingerprint density at radius 3 is 2.82 bits per heavy atom. The normalized spacial score (nSPS) is 14.5. The number of rotatable bonds is 3. The molecule has 1 aliphatic rings. The van der Waals surface area contributed by atoms with E-state index >= 15 is 0 Å². The van der Waals surface area contributed by atoms with E-state index in [9.17, 15) is 4.79 Å². The number of amides is 2. The van der Waals surface area contributed by atoms with Crippen molar-refractivity contribution in [3.63, 3.8) is 0 Å². The van der Waals surface area contributed by atoms with Crippen molar-refractivity contribution in [2.75, 3.05) is 13.1 Å². The first-order valence-corrected chi connectivity index (χ1v) is 7.49. The second-order valence-corrected chi connectivity index (χ2v) is 5.77. The van der Waals surface area contributed by atoms with Crippen LogP contribution in [0.2, 0.25) is 0 Å². The minimum Gasteiger partial charge on any atom is -0.334 e. The third kappa shape index (κ3) is 3.08. The Balaban J connectivity index is 1.50. The van der Waals surface area contributed by atoms with E-state index in [0.29, 0.717) is 12.5 Å². The fourth-order valence-corrected chi connectivity index (χ4v) is 2.64. The van der Waals surface area contributed by atoms with Gasteiger partial charge in [-0.05, 0) is 43.2 Å². The van der Waals surface area contributed by atoms with Gasteiger partial charge in [0.2, 0.25) is 0 Å². The average molecular weight is 296 g/mol. The smallest absolute Gasteiger partial charge is 0.317 e. The highest BCUT2D eigenvalue weighted by Crippen LogP contribution is 2.25. The van der Waals surface area contributed by atoms with Crippen LogP contribution in [0.3, 0.4) is 0 Å². The molecule has 3 heterocycles. The van der Waals surface area contributed by atoms with Gasteiger partial charge in [0.25, 0.3) is 0 Å². The maximum absolute atomic E-state index is 12.1. The summed E-state index contributed by atoms with van der Waals surface area (Å²) in [5.41, 5.74) is 4.27. The predicted molar refractivity (Wildman–Crippen MR) is 84.5 cm³/mol. The van der Waals surface area contributed by atoms with Crippen molar-refractivity contribution in [3.05, 3.63) is 59.2 Å². The molecule has 0 unspecified atom stereocenters. The van der Waals surface area contributed by atoms with Gasteiger partial charge in [-0.25, -0.2) is 4.79 Å². The van der Waals surface area contributed by atoms with Crippen LogP contribution in [-0.2, 0) is 6.54 Å². The van der Waals surface area contributed by atoms with Gasteiger partial charge in [-0.3, -0.25) is 9.97 Å². The van der Waals surface area contributed by atoms with Gasteiger partial charge in [-0.15, -0.1) is 0 Å². The molecule has 0 spiro atoms. The molecule has 2 amide bonds. The highest BCUT2D eigenvalue weighted by atomic mass is 16.2. The van der Waals surface area contributed by atoms with Crippen LogP contribution in [0.5, 0.6) is 0 Å². The first-order valence-electron chi connectivity index (χ1n) is 7.49. The van der Waals surface area contributed by atoms with Gasteiger partial charge in [0, 0.05) is 49.3 Å². The van der Waals surface area contributed by atoms with Gasteiger partial charge >= 0.3 is 6.03 Å². The molecule has 22 heavy (non-hydrogen) atoms. The predicted octanol–water partition coefficient (Wildman–Crippen LogP) is 2.40. The number of carbonyl (C=O) groups is 1. The van der Waals surface area contributed by atoms with Crippen LogP contribution in [0.15, 0.2) is 36.7 Å². The summed E-state index contributed by atoms with van der Waals surface area (Å²) in [6, 6.07) is 7.92. The Hall–Kier alpha value is -2.43. The number of carbonyl (C=O) groups excluding carboxylic acids is 1. The summed E-state index contributed by atoms with van der Waals surface area (Å²) in [7, 11) is 0. The van der Waals surface area contributed by atoms with Crippen LogP contribution in [0.1, 0.15) is 28.4 Å². The van der Waals surface area contributed by atoms with Gasteiger partial charge < -0.3 is 10.2 Å². The summed E-state index contributed by atoms with van der Waals surface area (Å²) < 4.78 is 0. The second kappa shape index (κ2) is 6.13. The lowest BCUT2D eigenvalue weighted by atomic mass is 9.96. The summed E-state index contributed by atoms with van der Waals surface area (Å²) in [6.45, 7) is 5.98. The second-order valence-electron chi connectivity index (χ2n) is 5.77. The molecule has 0 aromatic carbocycles. The molecule has 1 N–H and O–H groups in total. The number of aryl methyl sites for hydroxylation is 2. The van der Waals surface area contributed by atoms with Gasteiger partial charge in [0.15, 0.2) is 0 Å². The molecule has 5 nitrogen and oxygen atoms in total. The van der Waals surface area contributed by atoms with Crippen LogP contribution in [0, 0.1) is 13.8 Å². The summed E-state index contributed by atoms with van der Waals surface area (Å²) >= 11 is 0. The van der Waals surface area contributed by atoms with Crippen molar-refractivity contribution < 1.29 is 4.79 Å². The maximum atomic E-state index is 12.1. The average Bonchev–Trinajstić information content (AvgIpc) is 2.46. The SMILES string of the molecule is Cc1cc(C)c(CNC(=O)N2CC(c3ccccn3)C2)cn1. The van der Waals surface area contributed by atoms with Gasteiger partial charge in [-0.2, -0.15) is 0 Å². The Morgan fingerprint density at radius 1 is 1.32 bits per heavy atom. The zero-order chi connectivity index (χ0) is 15.5. The Morgan fingerprint density at radius 2 is 2.14 bits per heavy atom. The Kier molecular flexibility index (Phi) is 4.04. The molecule has 0 radical (unpaired) electrons. The molecule has 114 valence electrons. The van der Waals surface area contributed by atoms with Crippen molar-refractivity contribution in [2.24, 2.45) is 0 Å². The molecule has 1 fully saturated rings. The number of pyridine rings is 2. The maximum Gasteiger partial charge on any atom is 0.317 e. The molecule has 3 rings (SSSR count). The number of aromatic nitrogens is 2. The first-order chi connectivity index (χ1) is 10.6. The van der Waals surface area contributed by atoms with Crippen LogP contribution < -0.4 is 5.32 Å². The van der Waals surface area contributed by atoms with Gasteiger partial charge in [-0.1, -0.05) is 6.07 Å². The molecule has 0 atom stereocenters. The Labute approximate surface area is 130 Å². The lowest BCUT2D eigenvalue weighted by Gasteiger charge is -2.38. The molecule has 1 aliphatic heterocycles. The van der Waals surface area contributed by atoms with Crippen molar-refractivity contribution in [1.29, 1.82) is 0 Å². The first kappa shape index (κ1) is 14.5. The molecule has 0 bridgehead atoms. The van der Waals surface area contributed by atoms with Crippen LogP contribution in [0.25, 0.3) is 0 Å². The molecule has 2 aromatic heterocycles. The van der Waals surface area contributed by atoms with E-state index in [2.05, 4.69) is 15.3 Å². The number of likely N-dealkylation sites (tertiary alicyclic amines) is 1. The molecular formula is C17H20N4O. The third-order valence-corrected chi connectivity index (χ3v) is 4.06. The van der Waals surface area contributed by atoms with Gasteiger partial charge in [0.05, 0.1) is 0 Å². The van der Waals surface area contributed by atoms with E-state index in [1.54, 1.807) is 6.20 Å². The van der Waals surface area contributed by atoms with Crippen molar-refractivity contribution >= 4 is 6.03 Å². The van der Waals surface area contributed by atoms with E-state index in [1.807, 2.05) is 49.2 Å². The van der Waals surface area contributed by atoms with Crippen LogP contribution >= 0.6 is 0 Å². The molecule has 5 heteroatoms. The lowest BCUT2D eigenvalue weighted by molar-refractivity contribution is 0.149. The molecule has 2 aromatic rings. The monoisotopic (exact) mass is 296 g/mol. The number of hydrogen-bond donors (Lipinski definition) is 1. The molecule has 0 aliphatic carbocycles. The minimum absolute atomic E-state index is 0.0212. The number of urea groups is 1. The van der Waals surface area contributed by atoms with Crippen LogP contribution in [0.4, 0.5) is 4.79 Å². The van der Waals surface area contributed by atoms with E-state index < -0.39 is 0 Å². The molecule has 1 saturated heterocycles. The quantitative estimate of drug-likeness (QED) is 0.946. The zero-order valence-electron chi connectivity index (χ0n) is 12.9. The van der Waals surface area contributed by atoms with Crippen molar-refractivity contribution in [1.82, 2.24) is 20.2 Å². The van der Waals surface area contributed by atoms with Crippen molar-refractivity contribution in [2.45, 2.75) is 26.3 Å². The Bertz CT molecular complexity index is 666. The topological polar surface area (TPSA) is 58.1 Å². The zero-order valence-corrected chi connectivity index (χ0v) is 12.9. The minimum atomic E-state index is -0.0212. The molecule has 0 saturated carbocycles. The van der Waals surface area contributed by atoms with E-state index in [1.165, 1.54) is 0 Å². The van der Waals surface area contributed by atoms with Gasteiger partial charge in [0.1, 0.15) is 0 Å². The standard InChI is InChI=1S/C17H20N4O/c1-12-7-13(2)19-8-14(12)9-20-17(22)21-10-15(11-21)16-5-3-4-6-18-16/h3-8,15H,9-11H2,1-2H3,(H,20,22). The lowest BCUT2D eigenvalue weighted by Crippen LogP contribution is -2.52. The number of nitrogens with zero attached hydrogens (tertiary/aromatic N) is 3. The van der Waals surface area contributed by atoms with E-state index in [-0.39, 0.29) is 6.03 Å². The highest BCUT2D eigenvalue weighted by Gasteiger charge is 2.32. The van der Waals surface area contributed by atoms with E-state index in [4.69, 9.17) is 0 Å². The summed E-state index contributed by atoms with van der Waals surface area (Å²) in [5, 5.41) is 2.96. The highest BCUT2D eigenvalue weighted by molar-refractivity contribution is 5.75. The number of hydrogen-bond acceptors (Lipinski definition) is 3. The fourth-order valence-electron chi connectivity index (χ4n) is 2.64. The fraction of sp³-hybridized carbons (Fsp3) is 0.353. The van der Waals surface area contributed by atoms with Crippen LogP contribution in [-0.4, -0.2) is 34.0 Å². The van der Waals surface area contributed by atoms with Crippen molar-refractivity contribution in [3.8, 4) is 0 Å². The van der Waals surface area contributed by atoms with E-state index in [0.717, 1.165) is 35.6 Å². The summed E-state index contributed by atoms with van der Waals surface area (Å²) in [6.07, 6.45) is 3.63. The summed E-state index contributed by atoms with van der Waals surface area (Å²) in [4.78, 5) is 22.6. The third-order valence-electron chi connectivity index (χ3n) is 4.06. The molecular weight excluding hydrogens is 276 g/mol. The summed E-state index contributed by atoms with van der Waals surface area (Å²) in [5.74, 6) is 0.356.